The summed E-state index contributed by atoms with van der Waals surface area (Å²) in [5.41, 5.74) is 0.562. The van der Waals surface area contributed by atoms with Gasteiger partial charge in [-0.2, -0.15) is 0 Å². The highest BCUT2D eigenvalue weighted by atomic mass is 16.6. The van der Waals surface area contributed by atoms with Crippen molar-refractivity contribution in [1.82, 2.24) is 10.2 Å². The van der Waals surface area contributed by atoms with Crippen LogP contribution in [0.15, 0.2) is 30.3 Å². The molecule has 2 atom stereocenters. The zero-order valence-corrected chi connectivity index (χ0v) is 16.8. The van der Waals surface area contributed by atoms with Crippen molar-refractivity contribution >= 4 is 12.1 Å². The molecule has 2 unspecified atom stereocenters. The molecule has 1 heterocycles. The SMILES string of the molecule is CC(C1CCN(C(=O)OC(C)(C)C)CC1)C(NCc1ccccc1)C(=O)O. The van der Waals surface area contributed by atoms with E-state index in [0.29, 0.717) is 19.6 Å². The molecule has 1 saturated heterocycles. The molecule has 1 amide bonds. The lowest BCUT2D eigenvalue weighted by atomic mass is 9.81. The molecule has 6 nitrogen and oxygen atoms in total. The van der Waals surface area contributed by atoms with Crippen LogP contribution in [-0.4, -0.2) is 46.8 Å². The van der Waals surface area contributed by atoms with Crippen molar-refractivity contribution in [3.8, 4) is 0 Å². The van der Waals surface area contributed by atoms with Crippen LogP contribution >= 0.6 is 0 Å². The summed E-state index contributed by atoms with van der Waals surface area (Å²) < 4.78 is 5.43. The van der Waals surface area contributed by atoms with Crippen molar-refractivity contribution in [2.24, 2.45) is 11.8 Å². The number of amides is 1. The van der Waals surface area contributed by atoms with E-state index in [0.717, 1.165) is 18.4 Å². The van der Waals surface area contributed by atoms with Crippen molar-refractivity contribution in [3.63, 3.8) is 0 Å². The molecular weight excluding hydrogens is 344 g/mol. The van der Waals surface area contributed by atoms with E-state index in [1.165, 1.54) is 0 Å². The highest BCUT2D eigenvalue weighted by Crippen LogP contribution is 2.28. The number of hydrogen-bond acceptors (Lipinski definition) is 4. The van der Waals surface area contributed by atoms with Gasteiger partial charge >= 0.3 is 12.1 Å². The smallest absolute Gasteiger partial charge is 0.410 e. The number of carbonyl (C=O) groups is 2. The van der Waals surface area contributed by atoms with Gasteiger partial charge < -0.3 is 20.1 Å². The van der Waals surface area contributed by atoms with Gasteiger partial charge in [0.25, 0.3) is 0 Å². The summed E-state index contributed by atoms with van der Waals surface area (Å²) in [6.45, 7) is 9.30. The maximum atomic E-state index is 12.2. The predicted molar refractivity (Wildman–Crippen MR) is 104 cm³/mol. The third-order valence-corrected chi connectivity index (χ3v) is 5.10. The molecule has 150 valence electrons. The van der Waals surface area contributed by atoms with Crippen LogP contribution in [0.25, 0.3) is 0 Å². The highest BCUT2D eigenvalue weighted by Gasteiger charge is 2.34. The number of aliphatic carboxylic acids is 1. The molecule has 0 radical (unpaired) electrons. The second-order valence-corrected chi connectivity index (χ2v) is 8.35. The monoisotopic (exact) mass is 376 g/mol. The van der Waals surface area contributed by atoms with E-state index in [2.05, 4.69) is 5.32 Å². The Balaban J connectivity index is 1.88. The average molecular weight is 376 g/mol. The number of nitrogens with zero attached hydrogens (tertiary/aromatic N) is 1. The van der Waals surface area contributed by atoms with Gasteiger partial charge in [0.05, 0.1) is 0 Å². The van der Waals surface area contributed by atoms with E-state index in [-0.39, 0.29) is 17.9 Å². The topological polar surface area (TPSA) is 78.9 Å². The van der Waals surface area contributed by atoms with Crippen molar-refractivity contribution in [2.75, 3.05) is 13.1 Å². The van der Waals surface area contributed by atoms with Crippen LogP contribution in [0.5, 0.6) is 0 Å². The normalized spacial score (nSPS) is 18.0. The molecule has 0 spiro atoms. The molecule has 1 aromatic rings. The Morgan fingerprint density at radius 3 is 2.33 bits per heavy atom. The maximum absolute atomic E-state index is 12.2. The Hall–Kier alpha value is -2.08. The standard InChI is InChI=1S/C21H32N2O4/c1-15(18(19(24)25)22-14-16-8-6-5-7-9-16)17-10-12-23(13-11-17)20(26)27-21(2,3)4/h5-9,15,17-18,22H,10-14H2,1-4H3,(H,24,25). The zero-order chi connectivity index (χ0) is 20.0. The number of benzene rings is 1. The Kier molecular flexibility index (Phi) is 7.25. The molecule has 0 bridgehead atoms. The number of carbonyl (C=O) groups excluding carboxylic acids is 1. The fraction of sp³-hybridized carbons (Fsp3) is 0.619. The van der Waals surface area contributed by atoms with E-state index in [4.69, 9.17) is 4.74 Å². The lowest BCUT2D eigenvalue weighted by molar-refractivity contribution is -0.141. The Morgan fingerprint density at radius 2 is 1.81 bits per heavy atom. The third kappa shape index (κ3) is 6.54. The first kappa shape index (κ1) is 21.2. The Bertz CT molecular complexity index is 619. The fourth-order valence-electron chi connectivity index (χ4n) is 3.53. The van der Waals surface area contributed by atoms with Crippen LogP contribution in [-0.2, 0) is 16.1 Å². The minimum atomic E-state index is -0.826. The second kappa shape index (κ2) is 9.22. The second-order valence-electron chi connectivity index (χ2n) is 8.35. The Labute approximate surface area is 161 Å². The van der Waals surface area contributed by atoms with Crippen molar-refractivity contribution < 1.29 is 19.4 Å². The Morgan fingerprint density at radius 1 is 1.22 bits per heavy atom. The summed E-state index contributed by atoms with van der Waals surface area (Å²) in [5.74, 6) is -0.590. The number of hydrogen-bond donors (Lipinski definition) is 2. The van der Waals surface area contributed by atoms with Gasteiger partial charge in [-0.1, -0.05) is 37.3 Å². The molecule has 27 heavy (non-hydrogen) atoms. The van der Waals surface area contributed by atoms with E-state index < -0.39 is 17.6 Å². The van der Waals surface area contributed by atoms with E-state index in [1.54, 1.807) is 4.90 Å². The van der Waals surface area contributed by atoms with Gasteiger partial charge in [0.2, 0.25) is 0 Å². The maximum Gasteiger partial charge on any atom is 0.410 e. The van der Waals surface area contributed by atoms with Crippen molar-refractivity contribution in [2.45, 2.75) is 58.7 Å². The van der Waals surface area contributed by atoms with Crippen LogP contribution in [0, 0.1) is 11.8 Å². The van der Waals surface area contributed by atoms with Crippen LogP contribution in [0.1, 0.15) is 46.1 Å². The van der Waals surface area contributed by atoms with Gasteiger partial charge in [0.15, 0.2) is 0 Å². The molecule has 1 aromatic carbocycles. The first-order valence-corrected chi connectivity index (χ1v) is 9.65. The van der Waals surface area contributed by atoms with Crippen LogP contribution in [0.2, 0.25) is 0 Å². The van der Waals surface area contributed by atoms with Crippen LogP contribution in [0.3, 0.4) is 0 Å². The van der Waals surface area contributed by atoms with E-state index in [1.807, 2.05) is 58.0 Å². The summed E-state index contributed by atoms with van der Waals surface area (Å²) in [6.07, 6.45) is 1.29. The van der Waals surface area contributed by atoms with Gasteiger partial charge in [-0.15, -0.1) is 0 Å². The molecular formula is C21H32N2O4. The molecule has 0 saturated carbocycles. The number of carboxylic acid groups (broad SMARTS) is 1. The zero-order valence-electron chi connectivity index (χ0n) is 16.8. The van der Waals surface area contributed by atoms with Gasteiger partial charge in [0.1, 0.15) is 11.6 Å². The number of carboxylic acids is 1. The average Bonchev–Trinajstić information content (AvgIpc) is 2.61. The molecule has 0 aliphatic carbocycles. The third-order valence-electron chi connectivity index (χ3n) is 5.10. The lowest BCUT2D eigenvalue weighted by Crippen LogP contribution is -2.48. The molecule has 2 rings (SSSR count). The van der Waals surface area contributed by atoms with Gasteiger partial charge in [-0.25, -0.2) is 4.79 Å². The van der Waals surface area contributed by atoms with E-state index in [9.17, 15) is 14.7 Å². The summed E-state index contributed by atoms with van der Waals surface area (Å²) in [5, 5.41) is 12.9. The molecule has 1 aliphatic heterocycles. The van der Waals surface area contributed by atoms with Gasteiger partial charge in [-0.3, -0.25) is 4.79 Å². The van der Waals surface area contributed by atoms with Crippen LogP contribution < -0.4 is 5.32 Å². The minimum absolute atomic E-state index is 0.0213. The minimum Gasteiger partial charge on any atom is -0.480 e. The number of piperidine rings is 1. The molecule has 6 heteroatoms. The summed E-state index contributed by atoms with van der Waals surface area (Å²) in [4.78, 5) is 25.7. The first-order chi connectivity index (χ1) is 12.7. The van der Waals surface area contributed by atoms with Gasteiger partial charge in [-0.05, 0) is 51.0 Å². The lowest BCUT2D eigenvalue weighted by Gasteiger charge is -2.37. The van der Waals surface area contributed by atoms with E-state index >= 15 is 0 Å². The number of nitrogens with one attached hydrogen (secondary N) is 1. The summed E-state index contributed by atoms with van der Waals surface area (Å²) in [6, 6.07) is 9.19. The molecule has 2 N–H and O–H groups in total. The summed E-state index contributed by atoms with van der Waals surface area (Å²) in [7, 11) is 0. The van der Waals surface area contributed by atoms with Gasteiger partial charge in [0, 0.05) is 19.6 Å². The first-order valence-electron chi connectivity index (χ1n) is 9.65. The predicted octanol–water partition coefficient (Wildman–Crippen LogP) is 3.51. The summed E-state index contributed by atoms with van der Waals surface area (Å²) >= 11 is 0. The molecule has 0 aromatic heterocycles. The van der Waals surface area contributed by atoms with Crippen molar-refractivity contribution in [1.29, 1.82) is 0 Å². The van der Waals surface area contributed by atoms with Crippen LogP contribution in [0.4, 0.5) is 4.79 Å². The largest absolute Gasteiger partial charge is 0.480 e. The molecule has 1 aliphatic rings. The molecule has 1 fully saturated rings. The number of ether oxygens (including phenoxy) is 1. The number of rotatable bonds is 6. The quantitative estimate of drug-likeness (QED) is 0.794. The number of likely N-dealkylation sites (tertiary alicyclic amines) is 1. The fourth-order valence-corrected chi connectivity index (χ4v) is 3.53. The van der Waals surface area contributed by atoms with Crippen molar-refractivity contribution in [3.05, 3.63) is 35.9 Å². The highest BCUT2D eigenvalue weighted by molar-refractivity contribution is 5.74.